The second kappa shape index (κ2) is 12.4. The lowest BCUT2D eigenvalue weighted by atomic mass is 10.2. The summed E-state index contributed by atoms with van der Waals surface area (Å²) < 4.78 is 11.7. The number of nitrogens with one attached hydrogen (secondary N) is 2. The Morgan fingerprint density at radius 2 is 1.94 bits per heavy atom. The predicted molar refractivity (Wildman–Crippen MR) is 139 cm³/mol. The lowest BCUT2D eigenvalue weighted by Gasteiger charge is -2.14. The van der Waals surface area contributed by atoms with Crippen molar-refractivity contribution in [1.29, 1.82) is 0 Å². The molecule has 2 aromatic heterocycles. The Bertz CT molecular complexity index is 1370. The summed E-state index contributed by atoms with van der Waals surface area (Å²) in [6.07, 6.45) is 9.09. The highest BCUT2D eigenvalue weighted by Gasteiger charge is 2.12. The molecular weight excluding hydrogens is 478 g/mol. The zero-order chi connectivity index (χ0) is 25.2. The highest BCUT2D eigenvalue weighted by atomic mass is 35.5. The highest BCUT2D eigenvalue weighted by Crippen LogP contribution is 2.34. The molecule has 4 rings (SSSR count). The van der Waals surface area contributed by atoms with E-state index in [2.05, 4.69) is 31.5 Å². The van der Waals surface area contributed by atoms with Crippen LogP contribution in [-0.2, 0) is 11.4 Å². The monoisotopic (exact) mass is 501 g/mol. The minimum absolute atomic E-state index is 0.107. The molecule has 0 aliphatic carbocycles. The third-order valence-corrected chi connectivity index (χ3v) is 5.39. The molecule has 36 heavy (non-hydrogen) atoms. The van der Waals surface area contributed by atoms with Crippen LogP contribution in [0.15, 0.2) is 67.1 Å². The zero-order valence-corrected chi connectivity index (χ0v) is 20.2. The number of pyridine rings is 1. The number of hydrogen-bond donors (Lipinski definition) is 2. The molecule has 8 nitrogen and oxygen atoms in total. The number of ether oxygens (including phenoxy) is 2. The number of hydrogen-bond acceptors (Lipinski definition) is 7. The predicted octanol–water partition coefficient (Wildman–Crippen LogP) is 4.91. The molecule has 182 valence electrons. The molecule has 0 saturated heterocycles. The van der Waals surface area contributed by atoms with Crippen molar-refractivity contribution in [2.24, 2.45) is 0 Å². The summed E-state index contributed by atoms with van der Waals surface area (Å²) in [7, 11) is 0. The molecule has 2 N–H and O–H groups in total. The average molecular weight is 502 g/mol. The summed E-state index contributed by atoms with van der Waals surface area (Å²) in [5.41, 5.74) is 2.24. The van der Waals surface area contributed by atoms with E-state index in [1.807, 2.05) is 42.5 Å². The third-order valence-electron chi connectivity index (χ3n) is 5.10. The molecule has 0 bridgehead atoms. The van der Waals surface area contributed by atoms with Crippen LogP contribution in [0, 0.1) is 12.3 Å². The van der Waals surface area contributed by atoms with Crippen LogP contribution in [0.2, 0.25) is 5.02 Å². The Kier molecular flexibility index (Phi) is 8.52. The summed E-state index contributed by atoms with van der Waals surface area (Å²) >= 11 is 6.46. The zero-order valence-electron chi connectivity index (χ0n) is 19.4. The van der Waals surface area contributed by atoms with E-state index in [4.69, 9.17) is 27.5 Å². The maximum Gasteiger partial charge on any atom is 0.221 e. The van der Waals surface area contributed by atoms with Gasteiger partial charge in [0.15, 0.2) is 0 Å². The maximum atomic E-state index is 11.7. The number of amides is 1. The highest BCUT2D eigenvalue weighted by molar-refractivity contribution is 6.32. The molecule has 4 aromatic rings. The van der Waals surface area contributed by atoms with Gasteiger partial charge in [0.2, 0.25) is 5.91 Å². The molecule has 0 aliphatic heterocycles. The van der Waals surface area contributed by atoms with E-state index < -0.39 is 0 Å². The number of halogens is 1. The molecule has 0 unspecified atom stereocenters. The Balaban J connectivity index is 1.44. The van der Waals surface area contributed by atoms with Crippen LogP contribution in [0.25, 0.3) is 10.9 Å². The SMILES string of the molecule is C#CCCC(=O)NCCOc1cccc2ncnc(Nc3ccc(OCc4ccccn4)c(Cl)c3)c12. The summed E-state index contributed by atoms with van der Waals surface area (Å²) in [6, 6.07) is 16.6. The lowest BCUT2D eigenvalue weighted by molar-refractivity contribution is -0.121. The molecule has 0 aliphatic rings. The maximum absolute atomic E-state index is 11.7. The van der Waals surface area contributed by atoms with Gasteiger partial charge in [-0.05, 0) is 42.5 Å². The smallest absolute Gasteiger partial charge is 0.221 e. The summed E-state index contributed by atoms with van der Waals surface area (Å²) in [4.78, 5) is 24.7. The normalized spacial score (nSPS) is 10.4. The van der Waals surface area contributed by atoms with Crippen molar-refractivity contribution < 1.29 is 14.3 Å². The van der Waals surface area contributed by atoms with Crippen LogP contribution < -0.4 is 20.1 Å². The number of anilines is 2. The van der Waals surface area contributed by atoms with E-state index in [0.717, 1.165) is 11.4 Å². The Morgan fingerprint density at radius 3 is 2.75 bits per heavy atom. The molecule has 2 aromatic carbocycles. The first-order valence-electron chi connectivity index (χ1n) is 11.3. The quantitative estimate of drug-likeness (QED) is 0.222. The molecule has 0 fully saturated rings. The van der Waals surface area contributed by atoms with E-state index >= 15 is 0 Å². The van der Waals surface area contributed by atoms with Gasteiger partial charge in [0.1, 0.15) is 36.9 Å². The van der Waals surface area contributed by atoms with Crippen molar-refractivity contribution in [3.8, 4) is 23.8 Å². The van der Waals surface area contributed by atoms with Gasteiger partial charge < -0.3 is 20.1 Å². The van der Waals surface area contributed by atoms with E-state index in [0.29, 0.717) is 59.2 Å². The molecule has 2 heterocycles. The van der Waals surface area contributed by atoms with Crippen molar-refractivity contribution in [3.63, 3.8) is 0 Å². The number of benzene rings is 2. The molecule has 9 heteroatoms. The van der Waals surface area contributed by atoms with E-state index in [1.165, 1.54) is 6.33 Å². The van der Waals surface area contributed by atoms with Gasteiger partial charge in [0.05, 0.1) is 28.2 Å². The summed E-state index contributed by atoms with van der Waals surface area (Å²) in [5, 5.41) is 7.24. The number of nitrogens with zero attached hydrogens (tertiary/aromatic N) is 3. The van der Waals surface area contributed by atoms with Gasteiger partial charge in [-0.15, -0.1) is 12.3 Å². The minimum atomic E-state index is -0.107. The van der Waals surface area contributed by atoms with Gasteiger partial charge in [-0.3, -0.25) is 9.78 Å². The van der Waals surface area contributed by atoms with Gasteiger partial charge in [0.25, 0.3) is 0 Å². The van der Waals surface area contributed by atoms with Gasteiger partial charge in [-0.2, -0.15) is 0 Å². The van der Waals surface area contributed by atoms with Crippen LogP contribution in [0.4, 0.5) is 11.5 Å². The number of aromatic nitrogens is 3. The first-order chi connectivity index (χ1) is 17.6. The largest absolute Gasteiger partial charge is 0.491 e. The van der Waals surface area contributed by atoms with E-state index in [-0.39, 0.29) is 12.5 Å². The third kappa shape index (κ3) is 6.62. The summed E-state index contributed by atoms with van der Waals surface area (Å²) in [6.45, 7) is 0.949. The van der Waals surface area contributed by atoms with Crippen molar-refractivity contribution in [2.75, 3.05) is 18.5 Å². The lowest BCUT2D eigenvalue weighted by Crippen LogP contribution is -2.27. The van der Waals surface area contributed by atoms with Crippen LogP contribution >= 0.6 is 11.6 Å². The molecule has 0 saturated carbocycles. The Morgan fingerprint density at radius 1 is 1.03 bits per heavy atom. The van der Waals surface area contributed by atoms with Crippen molar-refractivity contribution in [1.82, 2.24) is 20.3 Å². The fraction of sp³-hybridized carbons (Fsp3) is 0.185. The van der Waals surface area contributed by atoms with Crippen LogP contribution in [-0.4, -0.2) is 34.0 Å². The Labute approximate surface area is 214 Å². The van der Waals surface area contributed by atoms with Crippen molar-refractivity contribution >= 4 is 39.9 Å². The summed E-state index contributed by atoms with van der Waals surface area (Å²) in [5.74, 6) is 4.05. The number of fused-ring (bicyclic) bond motifs is 1. The average Bonchev–Trinajstić information content (AvgIpc) is 2.90. The topological polar surface area (TPSA) is 98.3 Å². The minimum Gasteiger partial charge on any atom is -0.491 e. The number of carbonyl (C=O) groups excluding carboxylic acids is 1. The first kappa shape index (κ1) is 24.8. The first-order valence-corrected chi connectivity index (χ1v) is 11.7. The van der Waals surface area contributed by atoms with E-state index in [9.17, 15) is 4.79 Å². The molecule has 0 radical (unpaired) electrons. The number of carbonyl (C=O) groups is 1. The van der Waals surface area contributed by atoms with Crippen LogP contribution in [0.1, 0.15) is 18.5 Å². The van der Waals surface area contributed by atoms with Gasteiger partial charge in [-0.25, -0.2) is 9.97 Å². The van der Waals surface area contributed by atoms with Gasteiger partial charge >= 0.3 is 0 Å². The van der Waals surface area contributed by atoms with Crippen LogP contribution in [0.3, 0.4) is 0 Å². The Hall–Kier alpha value is -4.35. The second-order valence-electron chi connectivity index (χ2n) is 7.66. The standard InChI is InChI=1S/C27H24ClN5O3/c1-2-3-10-25(34)30-14-15-35-24-9-6-8-22-26(24)27(32-18-31-22)33-19-11-12-23(21(28)16-19)36-17-20-7-4-5-13-29-20/h1,4-9,11-13,16,18H,3,10,14-15,17H2,(H,30,34)(H,31,32,33). The van der Waals surface area contributed by atoms with Crippen LogP contribution in [0.5, 0.6) is 11.5 Å². The molecular formula is C27H24ClN5O3. The van der Waals surface area contributed by atoms with Gasteiger partial charge in [-0.1, -0.05) is 23.7 Å². The van der Waals surface area contributed by atoms with Crippen molar-refractivity contribution in [2.45, 2.75) is 19.4 Å². The fourth-order valence-electron chi connectivity index (χ4n) is 3.39. The molecule has 0 atom stereocenters. The number of rotatable bonds is 11. The second-order valence-corrected chi connectivity index (χ2v) is 8.06. The molecule has 0 spiro atoms. The van der Waals surface area contributed by atoms with Crippen molar-refractivity contribution in [3.05, 3.63) is 77.8 Å². The van der Waals surface area contributed by atoms with Gasteiger partial charge in [0, 0.05) is 24.7 Å². The molecule has 1 amide bonds. The van der Waals surface area contributed by atoms with E-state index in [1.54, 1.807) is 18.3 Å². The number of terminal acetylenes is 1. The fourth-order valence-corrected chi connectivity index (χ4v) is 3.62.